The number of benzene rings is 1. The van der Waals surface area contributed by atoms with Crippen LogP contribution in [0.1, 0.15) is 32.3 Å². The molecular formula is C20H33Cl2N3O2. The van der Waals surface area contributed by atoms with Crippen molar-refractivity contribution in [3.05, 3.63) is 35.9 Å². The van der Waals surface area contributed by atoms with Crippen molar-refractivity contribution in [1.29, 1.82) is 0 Å². The number of nitrogens with two attached hydrogens (primary N) is 1. The molecule has 2 heterocycles. The molecule has 0 radical (unpaired) electrons. The molecular weight excluding hydrogens is 385 g/mol. The fourth-order valence-electron chi connectivity index (χ4n) is 4.26. The Morgan fingerprint density at radius 1 is 1.15 bits per heavy atom. The van der Waals surface area contributed by atoms with Gasteiger partial charge in [0.2, 0.25) is 5.91 Å². The van der Waals surface area contributed by atoms with E-state index in [-0.39, 0.29) is 49.0 Å². The lowest BCUT2D eigenvalue weighted by atomic mass is 9.85. The Morgan fingerprint density at radius 3 is 2.33 bits per heavy atom. The normalized spacial score (nSPS) is 30.9. The lowest BCUT2D eigenvalue weighted by Gasteiger charge is -2.42. The first kappa shape index (κ1) is 24.2. The molecule has 0 saturated carbocycles. The number of nitrogens with zero attached hydrogens (tertiary/aromatic N) is 1. The van der Waals surface area contributed by atoms with Crippen LogP contribution in [0.15, 0.2) is 30.3 Å². The first-order chi connectivity index (χ1) is 12.1. The maximum atomic E-state index is 12.5. The number of hydrogen-bond acceptors (Lipinski definition) is 4. The molecule has 2 aliphatic rings. The zero-order valence-electron chi connectivity index (χ0n) is 16.2. The van der Waals surface area contributed by atoms with E-state index >= 15 is 0 Å². The van der Waals surface area contributed by atoms with Gasteiger partial charge < -0.3 is 15.8 Å². The number of halogens is 2. The van der Waals surface area contributed by atoms with E-state index in [2.05, 4.69) is 54.4 Å². The first-order valence-corrected chi connectivity index (χ1v) is 9.49. The lowest BCUT2D eigenvalue weighted by molar-refractivity contribution is -0.134. The second-order valence-electron chi connectivity index (χ2n) is 7.73. The fourth-order valence-corrected chi connectivity index (χ4v) is 4.26. The zero-order chi connectivity index (χ0) is 17.8. The summed E-state index contributed by atoms with van der Waals surface area (Å²) in [5, 5.41) is 3.26. The van der Waals surface area contributed by atoms with Crippen LogP contribution < -0.4 is 11.1 Å². The third-order valence-electron chi connectivity index (χ3n) is 5.54. The molecule has 4 atom stereocenters. The molecule has 0 spiro atoms. The minimum atomic E-state index is -0.324. The highest BCUT2D eigenvalue weighted by Crippen LogP contribution is 2.25. The summed E-state index contributed by atoms with van der Waals surface area (Å²) < 4.78 is 5.74. The number of likely N-dealkylation sites (tertiary alicyclic amines) is 1. The molecule has 1 aromatic rings. The molecule has 7 heteroatoms. The first-order valence-electron chi connectivity index (χ1n) is 9.49. The van der Waals surface area contributed by atoms with E-state index in [9.17, 15) is 4.79 Å². The molecule has 5 nitrogen and oxygen atoms in total. The maximum absolute atomic E-state index is 12.5. The summed E-state index contributed by atoms with van der Waals surface area (Å²) in [6.45, 7) is 7.93. The number of carbonyl (C=O) groups excluding carboxylic acids is 1. The Kier molecular flexibility index (Phi) is 10.1. The summed E-state index contributed by atoms with van der Waals surface area (Å²) in [5.41, 5.74) is 6.98. The molecule has 2 unspecified atom stereocenters. The van der Waals surface area contributed by atoms with E-state index in [0.29, 0.717) is 18.4 Å². The minimum absolute atomic E-state index is 0. The van der Waals surface area contributed by atoms with Crippen LogP contribution in [0.25, 0.3) is 0 Å². The van der Waals surface area contributed by atoms with Crippen molar-refractivity contribution in [2.45, 2.75) is 51.5 Å². The summed E-state index contributed by atoms with van der Waals surface area (Å²) >= 11 is 0. The molecule has 27 heavy (non-hydrogen) atoms. The van der Waals surface area contributed by atoms with Crippen LogP contribution in [-0.4, -0.2) is 48.7 Å². The highest BCUT2D eigenvalue weighted by atomic mass is 35.5. The number of carbonyl (C=O) groups is 1. The summed E-state index contributed by atoms with van der Waals surface area (Å²) in [6.07, 6.45) is 1.38. The Hall–Kier alpha value is -0.850. The Bertz CT molecular complexity index is 564. The Morgan fingerprint density at radius 2 is 1.78 bits per heavy atom. The fraction of sp³-hybridized carbons (Fsp3) is 0.650. The average molecular weight is 418 g/mol. The number of piperidine rings is 1. The van der Waals surface area contributed by atoms with Gasteiger partial charge in [-0.1, -0.05) is 44.2 Å². The van der Waals surface area contributed by atoms with Gasteiger partial charge in [0, 0.05) is 32.2 Å². The number of nitrogens with one attached hydrogen (secondary N) is 1. The SMILES string of the molecule is CC1CN(Cc2ccccc2)CC(C)C1NC(=O)[C@@H]1CC[C@H](CN)O1.Cl.Cl. The lowest BCUT2D eigenvalue weighted by Crippen LogP contribution is -2.56. The molecule has 2 saturated heterocycles. The molecule has 154 valence electrons. The van der Waals surface area contributed by atoms with E-state index in [1.807, 2.05) is 0 Å². The third kappa shape index (κ3) is 6.33. The zero-order valence-corrected chi connectivity index (χ0v) is 17.8. The van der Waals surface area contributed by atoms with Crippen LogP contribution in [0, 0.1) is 11.8 Å². The predicted molar refractivity (Wildman–Crippen MR) is 113 cm³/mol. The Labute approximate surface area is 175 Å². The molecule has 0 bridgehead atoms. The van der Waals surface area contributed by atoms with Gasteiger partial charge in [0.1, 0.15) is 6.10 Å². The maximum Gasteiger partial charge on any atom is 0.249 e. The number of ether oxygens (including phenoxy) is 1. The monoisotopic (exact) mass is 417 g/mol. The number of hydrogen-bond donors (Lipinski definition) is 2. The van der Waals surface area contributed by atoms with Gasteiger partial charge >= 0.3 is 0 Å². The molecule has 0 aliphatic carbocycles. The molecule has 0 aromatic heterocycles. The molecule has 2 aliphatic heterocycles. The Balaban J connectivity index is 0.00000182. The molecule has 3 N–H and O–H groups in total. The second kappa shape index (κ2) is 11.2. The highest BCUT2D eigenvalue weighted by Gasteiger charge is 2.36. The van der Waals surface area contributed by atoms with Crippen LogP contribution >= 0.6 is 24.8 Å². The molecule has 1 amide bonds. The van der Waals surface area contributed by atoms with Gasteiger partial charge in [0.25, 0.3) is 0 Å². The van der Waals surface area contributed by atoms with Gasteiger partial charge in [-0.15, -0.1) is 24.8 Å². The van der Waals surface area contributed by atoms with E-state index < -0.39 is 0 Å². The van der Waals surface area contributed by atoms with Crippen LogP contribution in [0.3, 0.4) is 0 Å². The van der Waals surface area contributed by atoms with E-state index in [0.717, 1.165) is 32.5 Å². The van der Waals surface area contributed by atoms with Crippen molar-refractivity contribution in [2.75, 3.05) is 19.6 Å². The quantitative estimate of drug-likeness (QED) is 0.772. The predicted octanol–water partition coefficient (Wildman–Crippen LogP) is 2.61. The molecule has 3 rings (SSSR count). The number of rotatable bonds is 5. The van der Waals surface area contributed by atoms with Crippen molar-refractivity contribution < 1.29 is 9.53 Å². The highest BCUT2D eigenvalue weighted by molar-refractivity contribution is 5.85. The van der Waals surface area contributed by atoms with Crippen molar-refractivity contribution in [1.82, 2.24) is 10.2 Å². The van der Waals surface area contributed by atoms with E-state index in [1.165, 1.54) is 5.56 Å². The third-order valence-corrected chi connectivity index (χ3v) is 5.54. The van der Waals surface area contributed by atoms with Gasteiger partial charge in [-0.2, -0.15) is 0 Å². The van der Waals surface area contributed by atoms with Crippen LogP contribution in [-0.2, 0) is 16.1 Å². The van der Waals surface area contributed by atoms with E-state index in [4.69, 9.17) is 10.5 Å². The molecule has 2 fully saturated rings. The van der Waals surface area contributed by atoms with Crippen molar-refractivity contribution in [2.24, 2.45) is 17.6 Å². The van der Waals surface area contributed by atoms with Gasteiger partial charge in [-0.3, -0.25) is 9.69 Å². The topological polar surface area (TPSA) is 67.6 Å². The smallest absolute Gasteiger partial charge is 0.249 e. The van der Waals surface area contributed by atoms with Crippen molar-refractivity contribution >= 4 is 30.7 Å². The van der Waals surface area contributed by atoms with Crippen molar-refractivity contribution in [3.63, 3.8) is 0 Å². The standard InChI is InChI=1S/C20H31N3O2.2ClH/c1-14-11-23(13-16-6-4-3-5-7-16)12-15(2)19(14)22-20(24)18-9-8-17(10-21)25-18;;/h3-7,14-15,17-19H,8-13,21H2,1-2H3,(H,22,24);2*1H/t14?,15?,17-,18+,19?;;/m1../s1. The van der Waals surface area contributed by atoms with Crippen LogP contribution in [0.2, 0.25) is 0 Å². The largest absolute Gasteiger partial charge is 0.364 e. The van der Waals surface area contributed by atoms with Gasteiger partial charge in [-0.05, 0) is 30.2 Å². The second-order valence-corrected chi connectivity index (χ2v) is 7.73. The summed E-state index contributed by atoms with van der Waals surface area (Å²) in [4.78, 5) is 15.0. The summed E-state index contributed by atoms with van der Waals surface area (Å²) in [7, 11) is 0. The van der Waals surface area contributed by atoms with Crippen LogP contribution in [0.5, 0.6) is 0 Å². The number of amides is 1. The van der Waals surface area contributed by atoms with Crippen molar-refractivity contribution in [3.8, 4) is 0 Å². The average Bonchev–Trinajstić information content (AvgIpc) is 3.08. The van der Waals surface area contributed by atoms with Gasteiger partial charge in [-0.25, -0.2) is 0 Å². The molecule has 1 aromatic carbocycles. The van der Waals surface area contributed by atoms with Gasteiger partial charge in [0.05, 0.1) is 6.10 Å². The summed E-state index contributed by atoms with van der Waals surface area (Å²) in [6, 6.07) is 10.8. The summed E-state index contributed by atoms with van der Waals surface area (Å²) in [5.74, 6) is 0.877. The van der Waals surface area contributed by atoms with Crippen LogP contribution in [0.4, 0.5) is 0 Å². The van der Waals surface area contributed by atoms with Gasteiger partial charge in [0.15, 0.2) is 0 Å². The van der Waals surface area contributed by atoms with E-state index in [1.54, 1.807) is 0 Å². The minimum Gasteiger partial charge on any atom is -0.364 e.